The Kier molecular flexibility index (Phi) is 4.50. The maximum atomic E-state index is 12.6. The van der Waals surface area contributed by atoms with Crippen LogP contribution in [0, 0.1) is 23.2 Å². The van der Waals surface area contributed by atoms with Gasteiger partial charge in [0.2, 0.25) is 5.88 Å². The smallest absolute Gasteiger partial charge is 0.220 e. The molecule has 0 N–H and O–H groups in total. The van der Waals surface area contributed by atoms with Gasteiger partial charge in [-0.2, -0.15) is 10.2 Å². The summed E-state index contributed by atoms with van der Waals surface area (Å²) in [6, 6.07) is 11.9. The minimum absolute atomic E-state index is 0.0594. The summed E-state index contributed by atoms with van der Waals surface area (Å²) in [6.45, 7) is 6.49. The first-order valence-corrected chi connectivity index (χ1v) is 9.76. The van der Waals surface area contributed by atoms with Crippen LogP contribution in [0.2, 0.25) is 0 Å². The summed E-state index contributed by atoms with van der Waals surface area (Å²) in [4.78, 5) is 22.2. The van der Waals surface area contributed by atoms with E-state index >= 15 is 0 Å². The predicted octanol–water partition coefficient (Wildman–Crippen LogP) is 4.03. The number of allylic oxidation sites excluding steroid dienone is 2. The van der Waals surface area contributed by atoms with Gasteiger partial charge in [-0.05, 0) is 25.7 Å². The summed E-state index contributed by atoms with van der Waals surface area (Å²) >= 11 is 0. The number of hydrogen-bond acceptors (Lipinski definition) is 5. The SMILES string of the molecule is CCOc1nc(-c2ccccc2)nc2c1CC[C@H]1[C@H](C)C(=O)C(C#N)=C[C@]21C. The molecule has 28 heavy (non-hydrogen) atoms. The number of fused-ring (bicyclic) bond motifs is 3. The summed E-state index contributed by atoms with van der Waals surface area (Å²) in [7, 11) is 0. The van der Waals surface area contributed by atoms with Crippen LogP contribution < -0.4 is 4.74 Å². The summed E-state index contributed by atoms with van der Waals surface area (Å²) < 4.78 is 5.89. The van der Waals surface area contributed by atoms with Gasteiger partial charge in [0, 0.05) is 22.5 Å². The van der Waals surface area contributed by atoms with E-state index in [1.807, 2.05) is 50.3 Å². The zero-order valence-corrected chi connectivity index (χ0v) is 16.4. The predicted molar refractivity (Wildman–Crippen MR) is 106 cm³/mol. The summed E-state index contributed by atoms with van der Waals surface area (Å²) in [6.07, 6.45) is 3.45. The van der Waals surface area contributed by atoms with Gasteiger partial charge in [-0.3, -0.25) is 4.79 Å². The van der Waals surface area contributed by atoms with Crippen molar-refractivity contribution in [1.82, 2.24) is 9.97 Å². The van der Waals surface area contributed by atoms with Crippen LogP contribution in [0.25, 0.3) is 11.4 Å². The van der Waals surface area contributed by atoms with E-state index < -0.39 is 5.41 Å². The molecule has 3 atom stereocenters. The van der Waals surface area contributed by atoms with Crippen molar-refractivity contribution in [2.24, 2.45) is 11.8 Å². The molecular formula is C23H23N3O2. The van der Waals surface area contributed by atoms with E-state index in [9.17, 15) is 10.1 Å². The fourth-order valence-corrected chi connectivity index (χ4v) is 4.71. The molecule has 0 saturated heterocycles. The number of nitriles is 1. The van der Waals surface area contributed by atoms with Crippen LogP contribution in [-0.2, 0) is 16.6 Å². The number of aromatic nitrogens is 2. The highest BCUT2D eigenvalue weighted by atomic mass is 16.5. The lowest BCUT2D eigenvalue weighted by Crippen LogP contribution is -2.46. The number of rotatable bonds is 3. The van der Waals surface area contributed by atoms with Gasteiger partial charge in [-0.1, -0.05) is 50.3 Å². The Morgan fingerprint density at radius 1 is 1.29 bits per heavy atom. The molecule has 2 aliphatic carbocycles. The molecule has 1 aromatic carbocycles. The molecule has 0 amide bonds. The van der Waals surface area contributed by atoms with Gasteiger partial charge in [-0.25, -0.2) is 4.98 Å². The van der Waals surface area contributed by atoms with Crippen LogP contribution in [0.1, 0.15) is 38.4 Å². The third-order valence-electron chi connectivity index (χ3n) is 6.12. The average Bonchev–Trinajstić information content (AvgIpc) is 2.71. The molecule has 5 heteroatoms. The Labute approximate surface area is 165 Å². The number of ketones is 1. The fraction of sp³-hybridized carbons (Fsp3) is 0.391. The molecule has 1 aromatic heterocycles. The summed E-state index contributed by atoms with van der Waals surface area (Å²) in [5.74, 6) is 1.07. The number of ether oxygens (including phenoxy) is 1. The van der Waals surface area contributed by atoms with E-state index in [0.717, 1.165) is 29.7 Å². The first-order valence-electron chi connectivity index (χ1n) is 9.76. The Morgan fingerprint density at radius 2 is 2.04 bits per heavy atom. The first kappa shape index (κ1) is 18.4. The number of carbonyl (C=O) groups excluding carboxylic acids is 1. The minimum Gasteiger partial charge on any atom is -0.478 e. The third-order valence-corrected chi connectivity index (χ3v) is 6.12. The molecule has 142 valence electrons. The summed E-state index contributed by atoms with van der Waals surface area (Å²) in [5.41, 5.74) is 2.53. The number of carbonyl (C=O) groups is 1. The van der Waals surface area contributed by atoms with Crippen LogP contribution >= 0.6 is 0 Å². The fourth-order valence-electron chi connectivity index (χ4n) is 4.71. The lowest BCUT2D eigenvalue weighted by atomic mass is 9.58. The zero-order valence-electron chi connectivity index (χ0n) is 16.4. The van der Waals surface area contributed by atoms with Gasteiger partial charge < -0.3 is 4.74 Å². The monoisotopic (exact) mass is 373 g/mol. The van der Waals surface area contributed by atoms with Crippen LogP contribution in [0.3, 0.4) is 0 Å². The molecule has 4 rings (SSSR count). The van der Waals surface area contributed by atoms with Gasteiger partial charge in [0.05, 0.1) is 17.9 Å². The number of benzene rings is 1. The standard InChI is InChI=1S/C23H23N3O2/c1-4-28-22-17-10-11-18-14(2)19(27)16(13-24)12-23(18,3)20(17)25-21(26-22)15-8-6-5-7-9-15/h5-9,12,14,18H,4,10-11H2,1-3H3/t14-,18-,23-/m0/s1. The van der Waals surface area contributed by atoms with Crippen molar-refractivity contribution in [3.8, 4) is 23.3 Å². The maximum absolute atomic E-state index is 12.6. The molecule has 0 radical (unpaired) electrons. The second-order valence-corrected chi connectivity index (χ2v) is 7.73. The molecule has 5 nitrogen and oxygen atoms in total. The third kappa shape index (κ3) is 2.72. The van der Waals surface area contributed by atoms with Crippen molar-refractivity contribution in [2.75, 3.05) is 6.61 Å². The number of nitrogens with zero attached hydrogens (tertiary/aromatic N) is 3. The van der Waals surface area contributed by atoms with Crippen molar-refractivity contribution >= 4 is 5.78 Å². The van der Waals surface area contributed by atoms with Crippen LogP contribution in [-0.4, -0.2) is 22.4 Å². The highest BCUT2D eigenvalue weighted by Crippen LogP contribution is 2.50. The van der Waals surface area contributed by atoms with Crippen molar-refractivity contribution in [3.05, 3.63) is 53.2 Å². The Bertz CT molecular complexity index is 1010. The Morgan fingerprint density at radius 3 is 2.71 bits per heavy atom. The van der Waals surface area contributed by atoms with Crippen molar-refractivity contribution in [2.45, 2.75) is 39.0 Å². The van der Waals surface area contributed by atoms with E-state index in [1.165, 1.54) is 0 Å². The second kappa shape index (κ2) is 6.87. The van der Waals surface area contributed by atoms with Gasteiger partial charge in [0.25, 0.3) is 0 Å². The average molecular weight is 373 g/mol. The van der Waals surface area contributed by atoms with Crippen LogP contribution in [0.4, 0.5) is 0 Å². The highest BCUT2D eigenvalue weighted by molar-refractivity contribution is 6.02. The summed E-state index contributed by atoms with van der Waals surface area (Å²) in [5, 5.41) is 9.51. The Hall–Kier alpha value is -3.00. The maximum Gasteiger partial charge on any atom is 0.220 e. The molecule has 0 fully saturated rings. The van der Waals surface area contributed by atoms with Gasteiger partial charge in [0.15, 0.2) is 11.6 Å². The van der Waals surface area contributed by atoms with Gasteiger partial charge in [0.1, 0.15) is 6.07 Å². The highest BCUT2D eigenvalue weighted by Gasteiger charge is 2.49. The van der Waals surface area contributed by atoms with Crippen molar-refractivity contribution in [1.29, 1.82) is 5.26 Å². The van der Waals surface area contributed by atoms with Gasteiger partial charge in [-0.15, -0.1) is 0 Å². The first-order chi connectivity index (χ1) is 13.5. The lowest BCUT2D eigenvalue weighted by Gasteiger charge is -2.45. The van der Waals surface area contributed by atoms with Crippen LogP contribution in [0.15, 0.2) is 42.0 Å². The molecule has 1 heterocycles. The van der Waals surface area contributed by atoms with E-state index in [2.05, 4.69) is 13.0 Å². The molecule has 0 aliphatic heterocycles. The van der Waals surface area contributed by atoms with E-state index in [4.69, 9.17) is 14.7 Å². The lowest BCUT2D eigenvalue weighted by molar-refractivity contribution is -0.121. The topological polar surface area (TPSA) is 75.9 Å². The van der Waals surface area contributed by atoms with Gasteiger partial charge >= 0.3 is 0 Å². The second-order valence-electron chi connectivity index (χ2n) is 7.73. The van der Waals surface area contributed by atoms with E-state index in [-0.39, 0.29) is 23.2 Å². The molecular weight excluding hydrogens is 350 g/mol. The molecule has 0 bridgehead atoms. The molecule has 0 saturated carbocycles. The van der Waals surface area contributed by atoms with E-state index in [1.54, 1.807) is 0 Å². The quantitative estimate of drug-likeness (QED) is 0.812. The van der Waals surface area contributed by atoms with Crippen LogP contribution in [0.5, 0.6) is 5.88 Å². The molecule has 2 aromatic rings. The Balaban J connectivity index is 1.97. The van der Waals surface area contributed by atoms with Crippen molar-refractivity contribution < 1.29 is 9.53 Å². The normalized spacial score (nSPS) is 25.9. The number of Topliss-reactive ketones (excluding diaryl/α,β-unsaturated/α-hetero) is 1. The number of hydrogen-bond donors (Lipinski definition) is 0. The minimum atomic E-state index is -0.496. The van der Waals surface area contributed by atoms with Crippen molar-refractivity contribution in [3.63, 3.8) is 0 Å². The zero-order chi connectivity index (χ0) is 19.9. The van der Waals surface area contributed by atoms with E-state index in [0.29, 0.717) is 18.3 Å². The molecule has 2 aliphatic rings. The molecule has 0 unspecified atom stereocenters. The largest absolute Gasteiger partial charge is 0.478 e. The molecule has 0 spiro atoms.